The monoisotopic (exact) mass is 406 g/mol. The van der Waals surface area contributed by atoms with Crippen molar-refractivity contribution in [2.75, 3.05) is 18.4 Å². The Morgan fingerprint density at radius 2 is 2.07 bits per heavy atom. The molecule has 0 spiro atoms. The van der Waals surface area contributed by atoms with Crippen LogP contribution in [0.2, 0.25) is 0 Å². The number of carbonyl (C=O) groups is 1. The summed E-state index contributed by atoms with van der Waals surface area (Å²) in [5.41, 5.74) is 2.58. The third-order valence-corrected chi connectivity index (χ3v) is 5.62. The number of nitrogens with one attached hydrogen (secondary N) is 1. The molecule has 2 aromatic carbocycles. The lowest BCUT2D eigenvalue weighted by atomic mass is 9.93. The van der Waals surface area contributed by atoms with E-state index in [0.29, 0.717) is 12.3 Å². The van der Waals surface area contributed by atoms with E-state index in [9.17, 15) is 9.18 Å². The molecule has 0 aliphatic carbocycles. The van der Waals surface area contributed by atoms with Crippen LogP contribution in [0.1, 0.15) is 31.2 Å². The molecule has 5 nitrogen and oxygen atoms in total. The minimum Gasteiger partial charge on any atom is -0.324 e. The Kier molecular flexibility index (Phi) is 6.54. The summed E-state index contributed by atoms with van der Waals surface area (Å²) in [6.07, 6.45) is 7.24. The number of anilines is 1. The van der Waals surface area contributed by atoms with Crippen LogP contribution in [0, 0.1) is 11.7 Å². The van der Waals surface area contributed by atoms with Gasteiger partial charge in [0.25, 0.3) is 0 Å². The number of hydrogen-bond acceptors (Lipinski definition) is 3. The van der Waals surface area contributed by atoms with E-state index in [1.54, 1.807) is 24.4 Å². The van der Waals surface area contributed by atoms with Crippen molar-refractivity contribution >= 4 is 11.6 Å². The van der Waals surface area contributed by atoms with E-state index in [4.69, 9.17) is 0 Å². The quantitative estimate of drug-likeness (QED) is 0.622. The number of amides is 1. The average Bonchev–Trinajstić information content (AvgIpc) is 3.30. The van der Waals surface area contributed by atoms with E-state index < -0.39 is 5.82 Å². The lowest BCUT2D eigenvalue weighted by Gasteiger charge is -2.32. The topological polar surface area (TPSA) is 50.2 Å². The summed E-state index contributed by atoms with van der Waals surface area (Å²) in [5.74, 6) is -0.0319. The van der Waals surface area contributed by atoms with Gasteiger partial charge in [0.2, 0.25) is 5.91 Å². The minimum atomic E-state index is -0.396. The number of para-hydroxylation sites is 1. The molecule has 1 N–H and O–H groups in total. The maximum absolute atomic E-state index is 13.7. The van der Waals surface area contributed by atoms with E-state index >= 15 is 0 Å². The van der Waals surface area contributed by atoms with Gasteiger partial charge in [-0.25, -0.2) is 9.07 Å². The minimum absolute atomic E-state index is 0.121. The highest BCUT2D eigenvalue weighted by Crippen LogP contribution is 2.23. The molecule has 1 fully saturated rings. The Labute approximate surface area is 176 Å². The highest BCUT2D eigenvalue weighted by molar-refractivity contribution is 5.90. The first-order chi connectivity index (χ1) is 14.7. The van der Waals surface area contributed by atoms with Crippen LogP contribution in [0.5, 0.6) is 0 Å². The molecule has 1 aliphatic heterocycles. The zero-order valence-electron chi connectivity index (χ0n) is 17.0. The fourth-order valence-electron chi connectivity index (χ4n) is 4.12. The molecular formula is C24H27FN4O. The second-order valence-corrected chi connectivity index (χ2v) is 7.93. The van der Waals surface area contributed by atoms with Gasteiger partial charge in [-0.3, -0.25) is 9.69 Å². The number of benzene rings is 2. The summed E-state index contributed by atoms with van der Waals surface area (Å²) in [5, 5.41) is 6.99. The van der Waals surface area contributed by atoms with Crippen LogP contribution in [0.4, 0.5) is 10.1 Å². The van der Waals surface area contributed by atoms with Gasteiger partial charge >= 0.3 is 0 Å². The lowest BCUT2D eigenvalue weighted by molar-refractivity contribution is -0.116. The van der Waals surface area contributed by atoms with Gasteiger partial charge in [0, 0.05) is 31.9 Å². The summed E-state index contributed by atoms with van der Waals surface area (Å²) in [6, 6.07) is 16.7. The Bertz CT molecular complexity index is 973. The Hall–Kier alpha value is -2.99. The van der Waals surface area contributed by atoms with Gasteiger partial charge in [0.15, 0.2) is 0 Å². The molecule has 0 saturated carbocycles. The maximum Gasteiger partial charge on any atom is 0.224 e. The van der Waals surface area contributed by atoms with Crippen LogP contribution in [-0.4, -0.2) is 33.7 Å². The Morgan fingerprint density at radius 1 is 1.17 bits per heavy atom. The zero-order chi connectivity index (χ0) is 20.8. The zero-order valence-corrected chi connectivity index (χ0v) is 17.0. The Balaban J connectivity index is 1.28. The highest BCUT2D eigenvalue weighted by Gasteiger charge is 2.21. The number of rotatable bonds is 7. The van der Waals surface area contributed by atoms with Crippen molar-refractivity contribution in [1.29, 1.82) is 0 Å². The number of nitrogens with zero attached hydrogens (tertiary/aromatic N) is 3. The van der Waals surface area contributed by atoms with E-state index in [1.807, 2.05) is 16.9 Å². The van der Waals surface area contributed by atoms with Crippen LogP contribution >= 0.6 is 0 Å². The van der Waals surface area contributed by atoms with Crippen LogP contribution in [0.15, 0.2) is 67.0 Å². The summed E-state index contributed by atoms with van der Waals surface area (Å²) in [6.45, 7) is 2.95. The van der Waals surface area contributed by atoms with Crippen LogP contribution < -0.4 is 5.32 Å². The van der Waals surface area contributed by atoms with Crippen molar-refractivity contribution in [2.24, 2.45) is 5.92 Å². The van der Waals surface area contributed by atoms with Crippen LogP contribution in [0.25, 0.3) is 5.69 Å². The van der Waals surface area contributed by atoms with Gasteiger partial charge in [-0.1, -0.05) is 24.3 Å². The molecule has 2 heterocycles. The highest BCUT2D eigenvalue weighted by atomic mass is 19.1. The molecule has 0 unspecified atom stereocenters. The smallest absolute Gasteiger partial charge is 0.224 e. The molecule has 3 aromatic rings. The molecule has 1 amide bonds. The van der Waals surface area contributed by atoms with E-state index in [0.717, 1.165) is 44.6 Å². The molecule has 1 aromatic heterocycles. The second-order valence-electron chi connectivity index (χ2n) is 7.93. The van der Waals surface area contributed by atoms with E-state index in [-0.39, 0.29) is 11.6 Å². The van der Waals surface area contributed by atoms with Crippen LogP contribution in [-0.2, 0) is 11.3 Å². The van der Waals surface area contributed by atoms with Crippen molar-refractivity contribution in [2.45, 2.75) is 32.2 Å². The largest absolute Gasteiger partial charge is 0.324 e. The molecule has 0 bridgehead atoms. The number of piperidine rings is 1. The fraction of sp³-hybridized carbons (Fsp3) is 0.333. The molecular weight excluding hydrogens is 379 g/mol. The fourth-order valence-corrected chi connectivity index (χ4v) is 4.12. The van der Waals surface area contributed by atoms with E-state index in [2.05, 4.69) is 39.6 Å². The van der Waals surface area contributed by atoms with Gasteiger partial charge in [0.05, 0.1) is 11.4 Å². The molecule has 1 aliphatic rings. The SMILES string of the molecule is O=C(CC[C@H]1CCCN(Cc2cccc(-n3cccn3)c2)C1)Nc1ccccc1F. The first-order valence-electron chi connectivity index (χ1n) is 10.5. The predicted octanol–water partition coefficient (Wildman–Crippen LogP) is 4.64. The first-order valence-corrected chi connectivity index (χ1v) is 10.5. The average molecular weight is 407 g/mol. The summed E-state index contributed by atoms with van der Waals surface area (Å²) in [7, 11) is 0. The van der Waals surface area contributed by atoms with Crippen molar-refractivity contribution in [3.05, 3.63) is 78.4 Å². The van der Waals surface area contributed by atoms with Gasteiger partial charge in [0.1, 0.15) is 5.82 Å². The van der Waals surface area contributed by atoms with Gasteiger partial charge in [-0.2, -0.15) is 5.10 Å². The molecule has 0 radical (unpaired) electrons. The lowest BCUT2D eigenvalue weighted by Crippen LogP contribution is -2.35. The second kappa shape index (κ2) is 9.67. The van der Waals surface area contributed by atoms with Crippen molar-refractivity contribution < 1.29 is 9.18 Å². The molecule has 1 atom stereocenters. The summed E-state index contributed by atoms with van der Waals surface area (Å²) < 4.78 is 15.6. The molecule has 156 valence electrons. The van der Waals surface area contributed by atoms with Gasteiger partial charge in [-0.05, 0) is 67.6 Å². The van der Waals surface area contributed by atoms with Gasteiger partial charge < -0.3 is 5.32 Å². The number of likely N-dealkylation sites (tertiary alicyclic amines) is 1. The Morgan fingerprint density at radius 3 is 2.90 bits per heavy atom. The third kappa shape index (κ3) is 5.33. The predicted molar refractivity (Wildman–Crippen MR) is 116 cm³/mol. The summed E-state index contributed by atoms with van der Waals surface area (Å²) in [4.78, 5) is 14.7. The maximum atomic E-state index is 13.7. The van der Waals surface area contributed by atoms with E-state index in [1.165, 1.54) is 11.6 Å². The standard InChI is InChI=1S/C24H27FN4O/c25-22-9-1-2-10-23(22)27-24(30)12-11-19-7-4-14-28(17-19)18-20-6-3-8-21(16-20)29-15-5-13-26-29/h1-3,5-6,8-10,13,15-16,19H,4,7,11-12,14,17-18H2,(H,27,30)/t19-/m1/s1. The number of halogens is 1. The van der Waals surface area contributed by atoms with Crippen molar-refractivity contribution in [3.63, 3.8) is 0 Å². The first kappa shape index (κ1) is 20.3. The number of hydrogen-bond donors (Lipinski definition) is 1. The van der Waals surface area contributed by atoms with Crippen LogP contribution in [0.3, 0.4) is 0 Å². The van der Waals surface area contributed by atoms with Gasteiger partial charge in [-0.15, -0.1) is 0 Å². The molecule has 1 saturated heterocycles. The third-order valence-electron chi connectivity index (χ3n) is 5.62. The number of aromatic nitrogens is 2. The molecule has 30 heavy (non-hydrogen) atoms. The number of carbonyl (C=O) groups excluding carboxylic acids is 1. The normalized spacial score (nSPS) is 17.0. The molecule has 4 rings (SSSR count). The molecule has 6 heteroatoms. The van der Waals surface area contributed by atoms with Crippen molar-refractivity contribution in [1.82, 2.24) is 14.7 Å². The van der Waals surface area contributed by atoms with Crippen molar-refractivity contribution in [3.8, 4) is 5.69 Å². The summed E-state index contributed by atoms with van der Waals surface area (Å²) >= 11 is 0.